The first-order chi connectivity index (χ1) is 7.26. The number of ether oxygens (including phenoxy) is 1. The van der Waals surface area contributed by atoms with E-state index in [0.717, 1.165) is 12.8 Å². The van der Waals surface area contributed by atoms with E-state index in [-0.39, 0.29) is 17.5 Å². The number of hydrogen-bond acceptors (Lipinski definition) is 3. The molecule has 96 valence electrons. The van der Waals surface area contributed by atoms with Crippen LogP contribution in [0.2, 0.25) is 0 Å². The third-order valence-corrected chi connectivity index (χ3v) is 2.30. The van der Waals surface area contributed by atoms with Crippen LogP contribution in [0.25, 0.3) is 0 Å². The van der Waals surface area contributed by atoms with Crippen LogP contribution in [0.4, 0.5) is 0 Å². The quantitative estimate of drug-likeness (QED) is 0.712. The van der Waals surface area contributed by atoms with E-state index in [2.05, 4.69) is 19.2 Å². The molecular weight excluding hydrogens is 202 g/mol. The molecule has 0 fully saturated rings. The largest absolute Gasteiger partial charge is 0.460 e. The van der Waals surface area contributed by atoms with E-state index < -0.39 is 0 Å². The smallest absolute Gasteiger partial charge is 0.310 e. The molecule has 0 bridgehead atoms. The molecule has 0 unspecified atom stereocenters. The molecule has 0 radical (unpaired) electrons. The lowest BCUT2D eigenvalue weighted by atomic mass is 10.1. The lowest BCUT2D eigenvalue weighted by Crippen LogP contribution is -2.36. The summed E-state index contributed by atoms with van der Waals surface area (Å²) in [6, 6.07) is 0.467. The molecule has 0 aliphatic rings. The van der Waals surface area contributed by atoms with Crippen LogP contribution in [0.15, 0.2) is 0 Å². The molecule has 1 N–H and O–H groups in total. The fourth-order valence-electron chi connectivity index (χ4n) is 1.40. The summed E-state index contributed by atoms with van der Waals surface area (Å²) >= 11 is 0. The van der Waals surface area contributed by atoms with Gasteiger partial charge in [-0.1, -0.05) is 20.3 Å². The van der Waals surface area contributed by atoms with Crippen LogP contribution in [-0.4, -0.2) is 24.2 Å². The molecule has 0 aromatic heterocycles. The number of nitrogens with one attached hydrogen (secondary N) is 1. The van der Waals surface area contributed by atoms with Crippen molar-refractivity contribution in [3.63, 3.8) is 0 Å². The molecule has 0 aromatic carbocycles. The molecule has 0 aliphatic carbocycles. The minimum atomic E-state index is -0.389. The molecular formula is C13H27NO2. The summed E-state index contributed by atoms with van der Waals surface area (Å²) in [5, 5.41) is 3.35. The number of esters is 1. The second kappa shape index (κ2) is 6.89. The average Bonchev–Trinajstić information content (AvgIpc) is 2.11. The van der Waals surface area contributed by atoms with Gasteiger partial charge in [0.2, 0.25) is 0 Å². The highest BCUT2D eigenvalue weighted by Gasteiger charge is 2.21. The number of carbonyl (C=O) groups is 1. The minimum absolute atomic E-state index is 0.0847. The van der Waals surface area contributed by atoms with Gasteiger partial charge >= 0.3 is 5.97 Å². The molecule has 3 heteroatoms. The summed E-state index contributed by atoms with van der Waals surface area (Å²) in [4.78, 5) is 11.7. The monoisotopic (exact) mass is 229 g/mol. The Morgan fingerprint density at radius 2 is 1.88 bits per heavy atom. The van der Waals surface area contributed by atoms with Gasteiger partial charge in [-0.05, 0) is 34.1 Å². The summed E-state index contributed by atoms with van der Waals surface area (Å²) in [5.74, 6) is -0.206. The van der Waals surface area contributed by atoms with Gasteiger partial charge in [-0.2, -0.15) is 0 Å². The van der Waals surface area contributed by atoms with Crippen molar-refractivity contribution in [2.75, 3.05) is 6.54 Å². The first kappa shape index (κ1) is 15.4. The molecule has 2 atom stereocenters. The summed E-state index contributed by atoms with van der Waals surface area (Å²) in [6.45, 7) is 12.6. The zero-order valence-electron chi connectivity index (χ0n) is 11.6. The van der Waals surface area contributed by atoms with Gasteiger partial charge in [-0.15, -0.1) is 0 Å². The van der Waals surface area contributed by atoms with E-state index in [4.69, 9.17) is 4.74 Å². The van der Waals surface area contributed by atoms with Crippen molar-refractivity contribution < 1.29 is 9.53 Å². The van der Waals surface area contributed by atoms with E-state index in [1.54, 1.807) is 0 Å². The van der Waals surface area contributed by atoms with E-state index in [1.807, 2.05) is 27.7 Å². The van der Waals surface area contributed by atoms with Crippen LogP contribution < -0.4 is 5.32 Å². The van der Waals surface area contributed by atoms with Gasteiger partial charge in [0.1, 0.15) is 5.60 Å². The average molecular weight is 229 g/mol. The molecule has 3 nitrogen and oxygen atoms in total. The maximum atomic E-state index is 11.7. The van der Waals surface area contributed by atoms with Crippen LogP contribution in [0.1, 0.15) is 54.4 Å². The molecule has 0 spiro atoms. The number of carbonyl (C=O) groups excluding carboxylic acids is 1. The van der Waals surface area contributed by atoms with Crippen molar-refractivity contribution in [2.24, 2.45) is 5.92 Å². The Hall–Kier alpha value is -0.570. The van der Waals surface area contributed by atoms with E-state index in [9.17, 15) is 4.79 Å². The van der Waals surface area contributed by atoms with Crippen molar-refractivity contribution in [3.8, 4) is 0 Å². The molecule has 0 saturated heterocycles. The first-order valence-corrected chi connectivity index (χ1v) is 6.22. The van der Waals surface area contributed by atoms with Gasteiger partial charge in [0.05, 0.1) is 5.92 Å². The van der Waals surface area contributed by atoms with E-state index in [1.165, 1.54) is 0 Å². The van der Waals surface area contributed by atoms with Crippen molar-refractivity contribution in [3.05, 3.63) is 0 Å². The summed E-state index contributed by atoms with van der Waals surface area (Å²) in [5.41, 5.74) is -0.389. The molecule has 0 aliphatic heterocycles. The topological polar surface area (TPSA) is 38.3 Å². The van der Waals surface area contributed by atoms with Gasteiger partial charge < -0.3 is 10.1 Å². The highest BCUT2D eigenvalue weighted by Crippen LogP contribution is 2.10. The Kier molecular flexibility index (Phi) is 6.65. The van der Waals surface area contributed by atoms with Crippen molar-refractivity contribution >= 4 is 5.97 Å². The Morgan fingerprint density at radius 3 is 2.31 bits per heavy atom. The normalized spacial score (nSPS) is 15.6. The summed E-state index contributed by atoms with van der Waals surface area (Å²) in [6.07, 6.45) is 2.30. The molecule has 0 heterocycles. The van der Waals surface area contributed by atoms with E-state index in [0.29, 0.717) is 12.6 Å². The Labute approximate surface area is 99.9 Å². The van der Waals surface area contributed by atoms with Gasteiger partial charge in [0.25, 0.3) is 0 Å². The lowest BCUT2D eigenvalue weighted by molar-refractivity contribution is -0.159. The SMILES string of the molecule is CCC[C@H](C)NC[C@H](C)C(=O)OC(C)(C)C. The number of rotatable bonds is 6. The van der Waals surface area contributed by atoms with Gasteiger partial charge in [0.15, 0.2) is 0 Å². The fourth-order valence-corrected chi connectivity index (χ4v) is 1.40. The minimum Gasteiger partial charge on any atom is -0.460 e. The molecule has 0 amide bonds. The third kappa shape index (κ3) is 7.69. The lowest BCUT2D eigenvalue weighted by Gasteiger charge is -2.23. The van der Waals surface area contributed by atoms with Crippen LogP contribution in [0, 0.1) is 5.92 Å². The molecule has 0 aromatic rings. The van der Waals surface area contributed by atoms with Crippen molar-refractivity contribution in [1.82, 2.24) is 5.32 Å². The van der Waals surface area contributed by atoms with Crippen molar-refractivity contribution in [1.29, 1.82) is 0 Å². The van der Waals surface area contributed by atoms with Gasteiger partial charge in [0, 0.05) is 12.6 Å². The zero-order chi connectivity index (χ0) is 12.8. The molecule has 0 saturated carbocycles. The maximum absolute atomic E-state index is 11.7. The standard InChI is InChI=1S/C13H27NO2/c1-7-8-11(3)14-9-10(2)12(15)16-13(4,5)6/h10-11,14H,7-9H2,1-6H3/t10-,11-/m0/s1. The van der Waals surface area contributed by atoms with Crippen LogP contribution >= 0.6 is 0 Å². The maximum Gasteiger partial charge on any atom is 0.310 e. The van der Waals surface area contributed by atoms with E-state index >= 15 is 0 Å². The van der Waals surface area contributed by atoms with Gasteiger partial charge in [-0.3, -0.25) is 4.79 Å². The zero-order valence-corrected chi connectivity index (χ0v) is 11.6. The predicted octanol–water partition coefficient (Wildman–Crippen LogP) is 2.74. The highest BCUT2D eigenvalue weighted by molar-refractivity contribution is 5.72. The third-order valence-electron chi connectivity index (χ3n) is 2.30. The molecule has 16 heavy (non-hydrogen) atoms. The number of hydrogen-bond donors (Lipinski definition) is 1. The Balaban J connectivity index is 3.88. The van der Waals surface area contributed by atoms with Crippen LogP contribution in [-0.2, 0) is 9.53 Å². The van der Waals surface area contributed by atoms with Crippen molar-refractivity contribution in [2.45, 2.75) is 66.0 Å². The Morgan fingerprint density at radius 1 is 1.31 bits per heavy atom. The van der Waals surface area contributed by atoms with Gasteiger partial charge in [-0.25, -0.2) is 0 Å². The van der Waals surface area contributed by atoms with Crippen LogP contribution in [0.5, 0.6) is 0 Å². The molecule has 0 rings (SSSR count). The highest BCUT2D eigenvalue weighted by atomic mass is 16.6. The summed E-state index contributed by atoms with van der Waals surface area (Å²) < 4.78 is 5.31. The first-order valence-electron chi connectivity index (χ1n) is 6.22. The second-order valence-electron chi connectivity index (χ2n) is 5.53. The Bertz CT molecular complexity index is 208. The summed E-state index contributed by atoms with van der Waals surface area (Å²) in [7, 11) is 0. The van der Waals surface area contributed by atoms with Crippen LogP contribution in [0.3, 0.4) is 0 Å². The predicted molar refractivity (Wildman–Crippen MR) is 67.4 cm³/mol. The fraction of sp³-hybridized carbons (Fsp3) is 0.923. The second-order valence-corrected chi connectivity index (χ2v) is 5.53.